The molecule has 0 aromatic carbocycles. The van der Waals surface area contributed by atoms with Crippen LogP contribution >= 0.6 is 0 Å². The average molecular weight is 200 g/mol. The Hall–Kier alpha value is 1.51. The van der Waals surface area contributed by atoms with Crippen LogP contribution in [0.5, 0.6) is 0 Å². The molecule has 6 N–H and O–H groups in total. The summed E-state index contributed by atoms with van der Waals surface area (Å²) in [7, 11) is 0. The summed E-state index contributed by atoms with van der Waals surface area (Å²) in [6.07, 6.45) is -1.83. The Bertz CT molecular complexity index is 45.5. The third-order valence-electron chi connectivity index (χ3n) is 0. The molecule has 0 rings (SSSR count). The van der Waals surface area contributed by atoms with E-state index in [1.54, 1.807) is 0 Å². The van der Waals surface area contributed by atoms with Gasteiger partial charge in [0.15, 0.2) is 34.7 Å². The molecule has 56 valence electrons. The van der Waals surface area contributed by atoms with E-state index >= 15 is 0 Å². The minimum absolute atomic E-state index is 0. The smallest absolute Gasteiger partial charge is 1.00 e. The maximum absolute atomic E-state index is 8.56. The molecule has 0 saturated carbocycles. The summed E-state index contributed by atoms with van der Waals surface area (Å²) in [6, 6.07) is 0. The van der Waals surface area contributed by atoms with Crippen LogP contribution in [0.3, 0.4) is 0 Å². The Balaban J connectivity index is -0.00000000214. The van der Waals surface area contributed by atoms with Crippen molar-refractivity contribution in [3.8, 4) is 0 Å². The molecule has 0 spiro atoms. The Morgan fingerprint density at radius 3 is 1.11 bits per heavy atom. The molecule has 0 aromatic rings. The van der Waals surface area contributed by atoms with Crippen LogP contribution in [0.2, 0.25) is 0 Å². The first-order valence-corrected chi connectivity index (χ1v) is 0.651. The summed E-state index contributed by atoms with van der Waals surface area (Å²) in [4.78, 5) is 8.56. The first kappa shape index (κ1) is 46.7. The van der Waals surface area contributed by atoms with Gasteiger partial charge in [0.25, 0.3) is 0 Å². The van der Waals surface area contributed by atoms with Gasteiger partial charge in [-0.15, -0.1) is 0 Å². The van der Waals surface area contributed by atoms with Crippen molar-refractivity contribution in [3.63, 3.8) is 0 Å². The molecular weight excluding hydrogens is 186 g/mol. The van der Waals surface area contributed by atoms with E-state index in [-0.39, 0.29) is 86.3 Å². The topological polar surface area (TPSA) is 121 Å². The van der Waals surface area contributed by atoms with Crippen molar-refractivity contribution in [1.82, 2.24) is 0 Å². The van der Waals surface area contributed by atoms with Gasteiger partial charge in [-0.25, -0.2) is 4.79 Å². The van der Waals surface area contributed by atoms with Crippen molar-refractivity contribution in [2.24, 2.45) is 0 Å². The number of hydrogen-bond acceptors (Lipinski definition) is 1. The van der Waals surface area contributed by atoms with E-state index in [4.69, 9.17) is 15.0 Å². The van der Waals surface area contributed by atoms with E-state index in [0.717, 1.165) is 0 Å². The Morgan fingerprint density at radius 1 is 1.11 bits per heavy atom. The van der Waals surface area contributed by atoms with Crippen LogP contribution in [0.1, 0.15) is 2.85 Å². The van der Waals surface area contributed by atoms with E-state index < -0.39 is 6.16 Å². The normalized spacial score (nSPS) is 2.67. The predicted molar refractivity (Wildman–Crippen MR) is 45.7 cm³/mol. The van der Waals surface area contributed by atoms with Crippen molar-refractivity contribution in [2.75, 3.05) is 0 Å². The molecule has 0 radical (unpaired) electrons. The maximum Gasteiger partial charge on any atom is 2.00 e. The van der Waals surface area contributed by atoms with Crippen molar-refractivity contribution in [1.29, 1.82) is 0 Å². The van der Waals surface area contributed by atoms with Crippen LogP contribution in [0.4, 0.5) is 4.79 Å². The molecular formula is CH14Al2CaO5. The molecule has 9 heavy (non-hydrogen) atoms. The molecule has 0 aromatic heterocycles. The third kappa shape index (κ3) is 234. The quantitative estimate of drug-likeness (QED) is 0.388. The zero-order valence-electron chi connectivity index (χ0n) is 5.51. The molecule has 0 saturated heterocycles. The minimum atomic E-state index is -1.83. The van der Waals surface area contributed by atoms with Crippen LogP contribution in [0.15, 0.2) is 0 Å². The van der Waals surface area contributed by atoms with Crippen molar-refractivity contribution < 1.29 is 28.8 Å². The molecule has 0 bridgehead atoms. The van der Waals surface area contributed by atoms with E-state index in [1.165, 1.54) is 0 Å². The van der Waals surface area contributed by atoms with Gasteiger partial charge < -0.3 is 24.0 Å². The van der Waals surface area contributed by atoms with Crippen LogP contribution in [-0.4, -0.2) is 99.8 Å². The van der Waals surface area contributed by atoms with Crippen LogP contribution < -0.4 is 0 Å². The van der Waals surface area contributed by atoms with Crippen LogP contribution in [-0.2, 0) is 0 Å². The molecule has 0 amide bonds. The number of carboxylic acid groups (broad SMARTS) is 2. The van der Waals surface area contributed by atoms with Gasteiger partial charge in [-0.3, -0.25) is 0 Å². The molecule has 0 atom stereocenters. The summed E-state index contributed by atoms with van der Waals surface area (Å²) in [5, 5.41) is 13.9. The van der Waals surface area contributed by atoms with Crippen molar-refractivity contribution >= 4 is 78.6 Å². The Morgan fingerprint density at radius 2 is 1.11 bits per heavy atom. The van der Waals surface area contributed by atoms with Crippen LogP contribution in [0, 0.1) is 0 Å². The van der Waals surface area contributed by atoms with Gasteiger partial charge >= 0.3 is 43.9 Å². The van der Waals surface area contributed by atoms with Crippen molar-refractivity contribution in [2.45, 2.75) is 0 Å². The predicted octanol–water partition coefficient (Wildman–Crippen LogP) is -3.95. The summed E-state index contributed by atoms with van der Waals surface area (Å²) >= 11 is 0. The SMILES string of the molecule is O.O.O=C(O)O.[AlH3].[AlH3].[Ca+2].[H-].[H-]. The van der Waals surface area contributed by atoms with Gasteiger partial charge in [0.2, 0.25) is 0 Å². The molecule has 0 fully saturated rings. The number of rotatable bonds is 0. The van der Waals surface area contributed by atoms with E-state index in [0.29, 0.717) is 0 Å². The first-order chi connectivity index (χ1) is 1.73. The second-order valence-corrected chi connectivity index (χ2v) is 0.283. The van der Waals surface area contributed by atoms with Gasteiger partial charge in [-0.1, -0.05) is 0 Å². The fourth-order valence-electron chi connectivity index (χ4n) is 0. The standard InChI is InChI=1S/CH2O3.2Al.Ca.2H2O.8H/c2-1(3)4;;;;;;;;;;;;;/h(H2,2,3,4);;;;2*1H2;;;;;;;;/q;;;+2;;;;;;;;;2*-1. The molecule has 0 aliphatic rings. The molecule has 0 unspecified atom stereocenters. The number of hydrogen-bond donors (Lipinski definition) is 2. The minimum Gasteiger partial charge on any atom is -1.00 e. The average Bonchev–Trinajstić information content (AvgIpc) is 0.811. The summed E-state index contributed by atoms with van der Waals surface area (Å²) in [5.41, 5.74) is 0. The van der Waals surface area contributed by atoms with Gasteiger partial charge in [-0.05, 0) is 0 Å². The maximum atomic E-state index is 8.56. The second-order valence-electron chi connectivity index (χ2n) is 0.283. The zero-order valence-corrected chi connectivity index (χ0v) is 5.72. The van der Waals surface area contributed by atoms with Crippen LogP contribution in [0.25, 0.3) is 0 Å². The fraction of sp³-hybridized carbons (Fsp3) is 0. The molecule has 0 aliphatic carbocycles. The second kappa shape index (κ2) is 33.8. The van der Waals surface area contributed by atoms with Gasteiger partial charge in [0.05, 0.1) is 0 Å². The first-order valence-electron chi connectivity index (χ1n) is 0.651. The molecule has 0 aliphatic heterocycles. The zero-order chi connectivity index (χ0) is 3.58. The van der Waals surface area contributed by atoms with E-state index in [9.17, 15) is 0 Å². The van der Waals surface area contributed by atoms with Crippen molar-refractivity contribution in [3.05, 3.63) is 0 Å². The summed E-state index contributed by atoms with van der Waals surface area (Å²) in [6.45, 7) is 0. The summed E-state index contributed by atoms with van der Waals surface area (Å²) < 4.78 is 0. The monoisotopic (exact) mass is 200 g/mol. The number of carbonyl (C=O) groups is 1. The van der Waals surface area contributed by atoms with Gasteiger partial charge in [-0.2, -0.15) is 0 Å². The third-order valence-corrected chi connectivity index (χ3v) is 0. The molecule has 0 heterocycles. The Kier molecular flexibility index (Phi) is 176. The van der Waals surface area contributed by atoms with E-state index in [2.05, 4.69) is 0 Å². The van der Waals surface area contributed by atoms with Gasteiger partial charge in [0.1, 0.15) is 0 Å². The largest absolute Gasteiger partial charge is 2.00 e. The van der Waals surface area contributed by atoms with E-state index in [1.807, 2.05) is 0 Å². The molecule has 5 nitrogen and oxygen atoms in total. The Labute approximate surface area is 106 Å². The van der Waals surface area contributed by atoms with Gasteiger partial charge in [0, 0.05) is 0 Å². The fourth-order valence-corrected chi connectivity index (χ4v) is 0. The molecule has 8 heteroatoms. The summed E-state index contributed by atoms with van der Waals surface area (Å²) in [5.74, 6) is 0.